The summed E-state index contributed by atoms with van der Waals surface area (Å²) in [5.41, 5.74) is 0.804. The molecule has 2 aromatic carbocycles. The molecule has 0 aromatic heterocycles. The van der Waals surface area contributed by atoms with Crippen LogP contribution in [0.1, 0.15) is 15.9 Å². The number of carboxylic acids is 1. The highest BCUT2D eigenvalue weighted by molar-refractivity contribution is 8.00. The third-order valence-electron chi connectivity index (χ3n) is 3.47. The molecule has 0 radical (unpaired) electrons. The average Bonchev–Trinajstić information content (AvgIpc) is 2.69. The van der Waals surface area contributed by atoms with E-state index in [1.165, 1.54) is 25.3 Å². The molecule has 144 valence electrons. The number of nitrogens with zero attached hydrogens (tertiary/aromatic N) is 1. The van der Waals surface area contributed by atoms with Crippen LogP contribution in [0.25, 0.3) is 6.08 Å². The fraction of sp³-hybridized carbons (Fsp3) is 0.150. The predicted molar refractivity (Wildman–Crippen MR) is 102 cm³/mol. The van der Waals surface area contributed by atoms with E-state index < -0.39 is 17.6 Å². The molecule has 0 heterocycles. The molecule has 0 fully saturated rings. The van der Waals surface area contributed by atoms with Gasteiger partial charge in [0, 0.05) is 10.5 Å². The maximum absolute atomic E-state index is 14.0. The molecule has 1 N–H and O–H groups in total. The zero-order chi connectivity index (χ0) is 20.5. The Morgan fingerprint density at radius 2 is 2.04 bits per heavy atom. The molecule has 0 spiro atoms. The molecule has 2 aromatic rings. The zero-order valence-corrected chi connectivity index (χ0v) is 15.7. The van der Waals surface area contributed by atoms with E-state index in [1.807, 2.05) is 6.07 Å². The SMILES string of the molecule is COc1cc(/C=C/C(=O)c2ccc(SCC(=O)O)c(F)c2)ccc1OCC#N. The standard InChI is InChI=1S/C20H16FNO5S/c1-26-18-10-13(3-6-17(18)27-9-8-22)2-5-16(23)14-4-7-19(15(21)11-14)28-12-20(24)25/h2-7,10-11H,9,12H2,1H3,(H,24,25)/b5-2+. The van der Waals surface area contributed by atoms with E-state index in [0.29, 0.717) is 17.1 Å². The first kappa shape index (κ1) is 21.0. The van der Waals surface area contributed by atoms with Crippen LogP contribution in [-0.2, 0) is 4.79 Å². The summed E-state index contributed by atoms with van der Waals surface area (Å²) in [7, 11) is 1.46. The summed E-state index contributed by atoms with van der Waals surface area (Å²) < 4.78 is 24.5. The number of allylic oxidation sites excluding steroid dienone is 1. The van der Waals surface area contributed by atoms with Gasteiger partial charge in [-0.15, -0.1) is 11.8 Å². The summed E-state index contributed by atoms with van der Waals surface area (Å²) in [4.78, 5) is 23.0. The number of carbonyl (C=O) groups excluding carboxylic acids is 1. The third-order valence-corrected chi connectivity index (χ3v) is 4.51. The lowest BCUT2D eigenvalue weighted by Gasteiger charge is -2.08. The smallest absolute Gasteiger partial charge is 0.313 e. The van der Waals surface area contributed by atoms with Gasteiger partial charge in [0.25, 0.3) is 0 Å². The molecule has 0 aliphatic rings. The lowest BCUT2D eigenvalue weighted by Crippen LogP contribution is -2.00. The first-order chi connectivity index (χ1) is 13.4. The van der Waals surface area contributed by atoms with Crippen LogP contribution in [0, 0.1) is 17.1 Å². The first-order valence-electron chi connectivity index (χ1n) is 7.99. The van der Waals surface area contributed by atoms with Crippen molar-refractivity contribution in [2.24, 2.45) is 0 Å². The van der Waals surface area contributed by atoms with E-state index in [-0.39, 0.29) is 22.8 Å². The van der Waals surface area contributed by atoms with E-state index in [9.17, 15) is 14.0 Å². The fourth-order valence-electron chi connectivity index (χ4n) is 2.20. The van der Waals surface area contributed by atoms with Crippen molar-refractivity contribution >= 4 is 29.6 Å². The quantitative estimate of drug-likeness (QED) is 0.388. The Kier molecular flexibility index (Phi) is 7.60. The Balaban J connectivity index is 2.11. The van der Waals surface area contributed by atoms with Gasteiger partial charge in [-0.1, -0.05) is 12.1 Å². The number of halogens is 1. The summed E-state index contributed by atoms with van der Waals surface area (Å²) in [5, 5.41) is 17.2. The predicted octanol–water partition coefficient (Wildman–Crippen LogP) is 3.81. The highest BCUT2D eigenvalue weighted by atomic mass is 32.2. The van der Waals surface area contributed by atoms with Gasteiger partial charge in [-0.3, -0.25) is 9.59 Å². The van der Waals surface area contributed by atoms with Crippen LogP contribution < -0.4 is 9.47 Å². The maximum Gasteiger partial charge on any atom is 0.313 e. The Bertz CT molecular complexity index is 952. The van der Waals surface area contributed by atoms with Gasteiger partial charge in [0.05, 0.1) is 12.9 Å². The second-order valence-electron chi connectivity index (χ2n) is 5.38. The molecule has 0 saturated carbocycles. The van der Waals surface area contributed by atoms with Crippen LogP contribution >= 0.6 is 11.8 Å². The maximum atomic E-state index is 14.0. The molecule has 0 amide bonds. The number of aliphatic carboxylic acids is 1. The fourth-order valence-corrected chi connectivity index (χ4v) is 2.84. The van der Waals surface area contributed by atoms with Gasteiger partial charge in [0.2, 0.25) is 0 Å². The number of nitriles is 1. The van der Waals surface area contributed by atoms with Crippen molar-refractivity contribution in [2.45, 2.75) is 4.90 Å². The lowest BCUT2D eigenvalue weighted by atomic mass is 10.1. The van der Waals surface area contributed by atoms with Crippen molar-refractivity contribution in [3.63, 3.8) is 0 Å². The molecule has 0 saturated heterocycles. The molecule has 0 bridgehead atoms. The number of hydrogen-bond acceptors (Lipinski definition) is 6. The van der Waals surface area contributed by atoms with E-state index in [4.69, 9.17) is 19.8 Å². The van der Waals surface area contributed by atoms with Crippen LogP contribution in [0.5, 0.6) is 11.5 Å². The molecule has 0 atom stereocenters. The minimum absolute atomic E-state index is 0.115. The Morgan fingerprint density at radius 1 is 1.25 bits per heavy atom. The van der Waals surface area contributed by atoms with Crippen molar-refractivity contribution in [1.82, 2.24) is 0 Å². The molecule has 8 heteroatoms. The van der Waals surface area contributed by atoms with E-state index in [1.54, 1.807) is 24.3 Å². The number of benzene rings is 2. The molecule has 2 rings (SSSR count). The highest BCUT2D eigenvalue weighted by Crippen LogP contribution is 2.28. The monoisotopic (exact) mass is 401 g/mol. The Labute approximate surface area is 165 Å². The van der Waals surface area contributed by atoms with Crippen molar-refractivity contribution in [2.75, 3.05) is 19.5 Å². The van der Waals surface area contributed by atoms with Crippen LogP contribution in [-0.4, -0.2) is 36.3 Å². The van der Waals surface area contributed by atoms with E-state index >= 15 is 0 Å². The van der Waals surface area contributed by atoms with Crippen LogP contribution in [0.4, 0.5) is 4.39 Å². The molecule has 28 heavy (non-hydrogen) atoms. The van der Waals surface area contributed by atoms with Gasteiger partial charge in [-0.05, 0) is 42.0 Å². The number of ketones is 1. The van der Waals surface area contributed by atoms with Crippen LogP contribution in [0.2, 0.25) is 0 Å². The Hall–Kier alpha value is -3.31. The van der Waals surface area contributed by atoms with Crippen molar-refractivity contribution < 1.29 is 28.6 Å². The highest BCUT2D eigenvalue weighted by Gasteiger charge is 2.10. The molecule has 0 unspecified atom stereocenters. The summed E-state index contributed by atoms with van der Waals surface area (Å²) in [5.74, 6) is -1.55. The number of methoxy groups -OCH3 is 1. The summed E-state index contributed by atoms with van der Waals surface area (Å²) >= 11 is 0.847. The van der Waals surface area contributed by atoms with Gasteiger partial charge in [-0.25, -0.2) is 4.39 Å². The number of thioether (sulfide) groups is 1. The third kappa shape index (κ3) is 5.86. The summed E-state index contributed by atoms with van der Waals surface area (Å²) in [6.45, 7) is -0.115. The number of hydrogen-bond donors (Lipinski definition) is 1. The Morgan fingerprint density at radius 3 is 2.68 bits per heavy atom. The van der Waals surface area contributed by atoms with Crippen LogP contribution in [0.3, 0.4) is 0 Å². The van der Waals surface area contributed by atoms with Crippen molar-refractivity contribution in [3.8, 4) is 17.6 Å². The van der Waals surface area contributed by atoms with Gasteiger partial charge in [-0.2, -0.15) is 5.26 Å². The first-order valence-corrected chi connectivity index (χ1v) is 8.97. The summed E-state index contributed by atoms with van der Waals surface area (Å²) in [6.07, 6.45) is 2.84. The van der Waals surface area contributed by atoms with Crippen LogP contribution in [0.15, 0.2) is 47.4 Å². The van der Waals surface area contributed by atoms with Crippen molar-refractivity contribution in [3.05, 3.63) is 59.4 Å². The molecule has 0 aliphatic carbocycles. The average molecular weight is 401 g/mol. The minimum Gasteiger partial charge on any atom is -0.493 e. The zero-order valence-electron chi connectivity index (χ0n) is 14.8. The molecule has 6 nitrogen and oxygen atoms in total. The number of carbonyl (C=O) groups is 2. The second kappa shape index (κ2) is 10.1. The van der Waals surface area contributed by atoms with Gasteiger partial charge < -0.3 is 14.6 Å². The van der Waals surface area contributed by atoms with Gasteiger partial charge in [0.1, 0.15) is 11.9 Å². The number of ether oxygens (including phenoxy) is 2. The van der Waals surface area contributed by atoms with E-state index in [2.05, 4.69) is 0 Å². The molecule has 0 aliphatic heterocycles. The number of rotatable bonds is 9. The van der Waals surface area contributed by atoms with Gasteiger partial charge in [0.15, 0.2) is 23.9 Å². The van der Waals surface area contributed by atoms with Gasteiger partial charge >= 0.3 is 5.97 Å². The van der Waals surface area contributed by atoms with Crippen molar-refractivity contribution in [1.29, 1.82) is 5.26 Å². The summed E-state index contributed by atoms with van der Waals surface area (Å²) in [6, 6.07) is 10.7. The topological polar surface area (TPSA) is 96.6 Å². The lowest BCUT2D eigenvalue weighted by molar-refractivity contribution is -0.133. The van der Waals surface area contributed by atoms with E-state index in [0.717, 1.165) is 17.8 Å². The number of carboxylic acid groups (broad SMARTS) is 1. The molecular formula is C20H16FNO5S. The molecular weight excluding hydrogens is 385 g/mol. The minimum atomic E-state index is -1.05. The normalized spacial score (nSPS) is 10.5. The largest absolute Gasteiger partial charge is 0.493 e. The second-order valence-corrected chi connectivity index (χ2v) is 6.40.